The van der Waals surface area contributed by atoms with Gasteiger partial charge in [-0.15, -0.1) is 0 Å². The first kappa shape index (κ1) is 18.3. The number of unbranched alkanes of at least 4 members (excludes halogenated alkanes) is 1. The molecule has 0 spiro atoms. The van der Waals surface area contributed by atoms with Gasteiger partial charge in [-0.3, -0.25) is 0 Å². The molecule has 25 heavy (non-hydrogen) atoms. The summed E-state index contributed by atoms with van der Waals surface area (Å²) in [5.41, 5.74) is 2.51. The lowest BCUT2D eigenvalue weighted by Crippen LogP contribution is -2.13. The number of aromatic nitrogens is 1. The third-order valence-corrected chi connectivity index (χ3v) is 5.68. The molecule has 0 aliphatic heterocycles. The molecule has 3 rings (SSSR count). The van der Waals surface area contributed by atoms with Gasteiger partial charge in [0.15, 0.2) is 5.82 Å². The summed E-state index contributed by atoms with van der Waals surface area (Å²) in [5.74, 6) is -0.646. The van der Waals surface area contributed by atoms with Crippen LogP contribution in [-0.2, 0) is 0 Å². The summed E-state index contributed by atoms with van der Waals surface area (Å²) in [6.45, 7) is 2.25. The van der Waals surface area contributed by atoms with Crippen molar-refractivity contribution in [2.75, 3.05) is 0 Å². The second-order valence-electron chi connectivity index (χ2n) is 7.08. The summed E-state index contributed by atoms with van der Waals surface area (Å²) in [7, 11) is 0. The third kappa shape index (κ3) is 4.38. The minimum Gasteiger partial charge on any atom is -0.205 e. The summed E-state index contributed by atoms with van der Waals surface area (Å²) in [5, 5.41) is -0.0110. The Morgan fingerprint density at radius 3 is 2.40 bits per heavy atom. The van der Waals surface area contributed by atoms with Gasteiger partial charge in [-0.25, -0.2) is 9.37 Å². The topological polar surface area (TPSA) is 12.9 Å². The fraction of sp³-hybridized carbons (Fsp3) is 0.476. The molecule has 1 fully saturated rings. The quantitative estimate of drug-likeness (QED) is 0.514. The van der Waals surface area contributed by atoms with Crippen LogP contribution in [0.5, 0.6) is 0 Å². The molecule has 0 N–H and O–H groups in total. The van der Waals surface area contributed by atoms with Crippen LogP contribution in [0.2, 0.25) is 5.15 Å². The summed E-state index contributed by atoms with van der Waals surface area (Å²) < 4.78 is 26.6. The number of hydrogen-bond acceptors (Lipinski definition) is 1. The van der Waals surface area contributed by atoms with Crippen LogP contribution in [0.4, 0.5) is 8.78 Å². The van der Waals surface area contributed by atoms with Crippen LogP contribution < -0.4 is 0 Å². The fourth-order valence-electron chi connectivity index (χ4n) is 3.86. The maximum atomic E-state index is 13.4. The molecule has 134 valence electrons. The molecule has 0 saturated heterocycles. The van der Waals surface area contributed by atoms with E-state index in [1.54, 1.807) is 0 Å². The molecule has 2 aromatic rings. The van der Waals surface area contributed by atoms with Crippen molar-refractivity contribution >= 4 is 11.6 Å². The fourth-order valence-corrected chi connectivity index (χ4v) is 4.10. The molecule has 0 bridgehead atoms. The van der Waals surface area contributed by atoms with Crippen molar-refractivity contribution in [3.63, 3.8) is 0 Å². The van der Waals surface area contributed by atoms with E-state index >= 15 is 0 Å². The van der Waals surface area contributed by atoms with Crippen molar-refractivity contribution in [1.82, 2.24) is 4.98 Å². The van der Waals surface area contributed by atoms with Crippen molar-refractivity contribution < 1.29 is 8.78 Å². The van der Waals surface area contributed by atoms with Gasteiger partial charge < -0.3 is 0 Å². The normalized spacial score (nSPS) is 20.6. The van der Waals surface area contributed by atoms with E-state index in [1.807, 2.05) is 12.1 Å². The molecule has 0 amide bonds. The maximum Gasteiger partial charge on any atom is 0.250 e. The molecule has 1 saturated carbocycles. The van der Waals surface area contributed by atoms with Gasteiger partial charge in [0.05, 0.1) is 0 Å². The zero-order valence-corrected chi connectivity index (χ0v) is 15.3. The number of rotatable bonds is 5. The molecule has 1 aromatic heterocycles. The molecule has 1 heterocycles. The smallest absolute Gasteiger partial charge is 0.205 e. The Morgan fingerprint density at radius 1 is 1.08 bits per heavy atom. The summed E-state index contributed by atoms with van der Waals surface area (Å²) in [6, 6.07) is 9.14. The van der Waals surface area contributed by atoms with Gasteiger partial charge in [-0.05, 0) is 54.7 Å². The first-order valence-corrected chi connectivity index (χ1v) is 9.58. The highest BCUT2D eigenvalue weighted by molar-refractivity contribution is 6.32. The Morgan fingerprint density at radius 2 is 1.76 bits per heavy atom. The van der Waals surface area contributed by atoms with Crippen LogP contribution in [0.3, 0.4) is 0 Å². The van der Waals surface area contributed by atoms with Gasteiger partial charge in [0.2, 0.25) is 5.95 Å². The highest BCUT2D eigenvalue weighted by Crippen LogP contribution is 2.38. The minimum atomic E-state index is -1.16. The van der Waals surface area contributed by atoms with Crippen LogP contribution in [-0.4, -0.2) is 4.98 Å². The van der Waals surface area contributed by atoms with Gasteiger partial charge in [0, 0.05) is 5.56 Å². The second kappa shape index (κ2) is 8.27. The van der Waals surface area contributed by atoms with Crippen LogP contribution in [0.25, 0.3) is 11.1 Å². The molecule has 4 heteroatoms. The van der Waals surface area contributed by atoms with E-state index in [0.717, 1.165) is 17.5 Å². The molecular weight excluding hydrogens is 340 g/mol. The molecule has 1 nitrogen and oxygen atoms in total. The zero-order chi connectivity index (χ0) is 17.8. The van der Waals surface area contributed by atoms with Crippen LogP contribution in [0, 0.1) is 17.7 Å². The average Bonchev–Trinajstić information content (AvgIpc) is 2.64. The molecule has 1 aromatic carbocycles. The van der Waals surface area contributed by atoms with Gasteiger partial charge in [-0.1, -0.05) is 62.1 Å². The molecule has 1 aliphatic carbocycles. The summed E-state index contributed by atoms with van der Waals surface area (Å²) in [4.78, 5) is 3.42. The Balaban J connectivity index is 1.68. The van der Waals surface area contributed by atoms with Crippen LogP contribution in [0.15, 0.2) is 30.3 Å². The van der Waals surface area contributed by atoms with E-state index in [9.17, 15) is 8.78 Å². The lowest BCUT2D eigenvalue weighted by atomic mass is 9.77. The Bertz CT molecular complexity index is 707. The monoisotopic (exact) mass is 363 g/mol. The first-order valence-electron chi connectivity index (χ1n) is 9.20. The van der Waals surface area contributed by atoms with Crippen LogP contribution in [0.1, 0.15) is 63.4 Å². The number of hydrogen-bond donors (Lipinski definition) is 0. The molecular formula is C21H24ClF2N. The van der Waals surface area contributed by atoms with Gasteiger partial charge >= 0.3 is 0 Å². The number of halogens is 3. The SMILES string of the molecule is CCCCC1CCC(c2ccc(-c3cc(F)c(F)nc3Cl)cc2)CC1. The molecule has 0 radical (unpaired) electrons. The first-order chi connectivity index (χ1) is 12.1. The van der Waals surface area contributed by atoms with E-state index in [-0.39, 0.29) is 5.15 Å². The van der Waals surface area contributed by atoms with Crippen molar-refractivity contribution in [2.24, 2.45) is 5.92 Å². The Hall–Kier alpha value is -1.48. The highest BCUT2D eigenvalue weighted by Gasteiger charge is 2.22. The van der Waals surface area contributed by atoms with E-state index in [2.05, 4.69) is 24.0 Å². The Labute approximate surface area is 153 Å². The maximum absolute atomic E-state index is 13.4. The van der Waals surface area contributed by atoms with E-state index in [0.29, 0.717) is 11.5 Å². The van der Waals surface area contributed by atoms with Crippen LogP contribution >= 0.6 is 11.6 Å². The average molecular weight is 364 g/mol. The summed E-state index contributed by atoms with van der Waals surface area (Å²) >= 11 is 5.96. The van der Waals surface area contributed by atoms with Crippen molar-refractivity contribution in [3.05, 3.63) is 52.8 Å². The van der Waals surface area contributed by atoms with E-state index in [1.165, 1.54) is 50.5 Å². The van der Waals surface area contributed by atoms with Crippen molar-refractivity contribution in [2.45, 2.75) is 57.8 Å². The van der Waals surface area contributed by atoms with Gasteiger partial charge in [-0.2, -0.15) is 4.39 Å². The number of nitrogens with zero attached hydrogens (tertiary/aromatic N) is 1. The highest BCUT2D eigenvalue weighted by atomic mass is 35.5. The predicted octanol–water partition coefficient (Wildman–Crippen LogP) is 7.14. The van der Waals surface area contributed by atoms with E-state index < -0.39 is 11.8 Å². The Kier molecular flexibility index (Phi) is 6.06. The number of benzene rings is 1. The van der Waals surface area contributed by atoms with E-state index in [4.69, 9.17) is 11.6 Å². The third-order valence-electron chi connectivity index (χ3n) is 5.39. The number of pyridine rings is 1. The summed E-state index contributed by atoms with van der Waals surface area (Å²) in [6.07, 6.45) is 9.08. The zero-order valence-electron chi connectivity index (χ0n) is 14.6. The molecule has 0 atom stereocenters. The standard InChI is InChI=1S/C21H24ClF2N/c1-2-3-4-14-5-7-15(8-6-14)16-9-11-17(12-10-16)18-13-19(23)21(24)25-20(18)22/h9-15H,2-8H2,1H3. The van der Waals surface area contributed by atoms with Crippen molar-refractivity contribution in [3.8, 4) is 11.1 Å². The largest absolute Gasteiger partial charge is 0.250 e. The minimum absolute atomic E-state index is 0.0110. The van der Waals surface area contributed by atoms with Gasteiger partial charge in [0.25, 0.3) is 0 Å². The molecule has 0 unspecified atom stereocenters. The molecule has 1 aliphatic rings. The second-order valence-corrected chi connectivity index (χ2v) is 7.44. The van der Waals surface area contributed by atoms with Gasteiger partial charge in [0.1, 0.15) is 5.15 Å². The lowest BCUT2D eigenvalue weighted by molar-refractivity contribution is 0.304. The predicted molar refractivity (Wildman–Crippen MR) is 98.8 cm³/mol. The lowest BCUT2D eigenvalue weighted by Gasteiger charge is -2.29. The van der Waals surface area contributed by atoms with Crippen molar-refractivity contribution in [1.29, 1.82) is 0 Å².